The van der Waals surface area contributed by atoms with Gasteiger partial charge in [0.05, 0.1) is 5.69 Å². The van der Waals surface area contributed by atoms with E-state index in [2.05, 4.69) is 76.1 Å². The Kier molecular flexibility index (Phi) is 5.59. The molecule has 1 aromatic heterocycles. The van der Waals surface area contributed by atoms with Gasteiger partial charge in [-0.3, -0.25) is 4.68 Å². The topological polar surface area (TPSA) is 29.9 Å². The highest BCUT2D eigenvalue weighted by molar-refractivity contribution is 9.10. The third-order valence-electron chi connectivity index (χ3n) is 3.93. The summed E-state index contributed by atoms with van der Waals surface area (Å²) in [5.41, 5.74) is 5.04. The van der Waals surface area contributed by atoms with Crippen LogP contribution in [0.2, 0.25) is 0 Å². The van der Waals surface area contributed by atoms with Gasteiger partial charge >= 0.3 is 0 Å². The summed E-state index contributed by atoms with van der Waals surface area (Å²) < 4.78 is 3.31. The van der Waals surface area contributed by atoms with Gasteiger partial charge in [0.25, 0.3) is 0 Å². The minimum atomic E-state index is 0.283. The Morgan fingerprint density at radius 2 is 2.10 bits per heavy atom. The molecule has 114 valence electrons. The fourth-order valence-electron chi connectivity index (χ4n) is 2.64. The molecule has 1 N–H and O–H groups in total. The van der Waals surface area contributed by atoms with Gasteiger partial charge in [-0.1, -0.05) is 41.1 Å². The van der Waals surface area contributed by atoms with Crippen molar-refractivity contribution in [3.8, 4) is 0 Å². The molecule has 0 saturated heterocycles. The lowest BCUT2D eigenvalue weighted by Crippen LogP contribution is -2.21. The predicted molar refractivity (Wildman–Crippen MR) is 91.7 cm³/mol. The van der Waals surface area contributed by atoms with Crippen molar-refractivity contribution in [2.75, 3.05) is 7.05 Å². The van der Waals surface area contributed by atoms with E-state index >= 15 is 0 Å². The van der Waals surface area contributed by atoms with Gasteiger partial charge in [0.2, 0.25) is 0 Å². The molecule has 1 aromatic carbocycles. The maximum atomic E-state index is 4.65. The number of aromatic nitrogens is 2. The van der Waals surface area contributed by atoms with Gasteiger partial charge in [-0.25, -0.2) is 0 Å². The number of rotatable bonds is 6. The van der Waals surface area contributed by atoms with E-state index in [9.17, 15) is 0 Å². The molecule has 0 fully saturated rings. The van der Waals surface area contributed by atoms with Crippen molar-refractivity contribution in [3.63, 3.8) is 0 Å². The van der Waals surface area contributed by atoms with Crippen molar-refractivity contribution in [2.24, 2.45) is 0 Å². The Morgan fingerprint density at radius 1 is 1.33 bits per heavy atom. The SMILES string of the molecule is CCc1cc(CC(NC)c2cccc(C)c2Br)n(CC)n1. The molecule has 2 rings (SSSR count). The van der Waals surface area contributed by atoms with Crippen molar-refractivity contribution >= 4 is 15.9 Å². The first-order valence-corrected chi connectivity index (χ1v) is 8.37. The Labute approximate surface area is 135 Å². The third kappa shape index (κ3) is 3.55. The van der Waals surface area contributed by atoms with E-state index in [1.165, 1.54) is 27.0 Å². The molecule has 0 bridgehead atoms. The van der Waals surface area contributed by atoms with Gasteiger partial charge in [0.15, 0.2) is 0 Å². The second-order valence-electron chi connectivity index (χ2n) is 5.32. The highest BCUT2D eigenvalue weighted by Gasteiger charge is 2.17. The van der Waals surface area contributed by atoms with Crippen LogP contribution in [0.4, 0.5) is 0 Å². The summed E-state index contributed by atoms with van der Waals surface area (Å²) in [7, 11) is 2.02. The van der Waals surface area contributed by atoms with Crippen LogP contribution in [-0.4, -0.2) is 16.8 Å². The van der Waals surface area contributed by atoms with Crippen LogP contribution in [0.25, 0.3) is 0 Å². The molecular weight excluding hydrogens is 326 g/mol. The van der Waals surface area contributed by atoms with Crippen LogP contribution >= 0.6 is 15.9 Å². The largest absolute Gasteiger partial charge is 0.313 e. The minimum Gasteiger partial charge on any atom is -0.313 e. The van der Waals surface area contributed by atoms with Crippen LogP contribution in [0.5, 0.6) is 0 Å². The Balaban J connectivity index is 2.31. The maximum absolute atomic E-state index is 4.65. The first-order valence-electron chi connectivity index (χ1n) is 7.58. The van der Waals surface area contributed by atoms with Gasteiger partial charge in [-0.15, -0.1) is 0 Å². The molecule has 1 heterocycles. The lowest BCUT2D eigenvalue weighted by atomic mass is 10.00. The molecule has 0 aliphatic heterocycles. The molecule has 3 nitrogen and oxygen atoms in total. The number of halogens is 1. The molecule has 0 radical (unpaired) electrons. The lowest BCUT2D eigenvalue weighted by molar-refractivity contribution is 0.539. The van der Waals surface area contributed by atoms with Gasteiger partial charge in [0, 0.05) is 29.2 Å². The van der Waals surface area contributed by atoms with E-state index in [0.717, 1.165) is 19.4 Å². The lowest BCUT2D eigenvalue weighted by Gasteiger charge is -2.19. The number of likely N-dealkylation sites (N-methyl/N-ethyl adjacent to an activating group) is 1. The fraction of sp³-hybridized carbons (Fsp3) is 0.471. The molecule has 0 aliphatic carbocycles. The average Bonchev–Trinajstić information content (AvgIpc) is 2.90. The third-order valence-corrected chi connectivity index (χ3v) is 5.02. The molecule has 0 amide bonds. The van der Waals surface area contributed by atoms with Crippen molar-refractivity contribution in [3.05, 3.63) is 51.3 Å². The minimum absolute atomic E-state index is 0.283. The summed E-state index contributed by atoms with van der Waals surface area (Å²) in [5.74, 6) is 0. The maximum Gasteiger partial charge on any atom is 0.0624 e. The summed E-state index contributed by atoms with van der Waals surface area (Å²) in [5, 5.41) is 8.09. The van der Waals surface area contributed by atoms with Crippen LogP contribution in [0, 0.1) is 6.92 Å². The standard InChI is InChI=1S/C17H24BrN3/c1-5-13-10-14(21(6-2)20-13)11-16(19-4)15-9-7-8-12(3)17(15)18/h7-10,16,19H,5-6,11H2,1-4H3. The summed E-state index contributed by atoms with van der Waals surface area (Å²) in [6.07, 6.45) is 1.93. The second kappa shape index (κ2) is 7.23. The quantitative estimate of drug-likeness (QED) is 0.852. The van der Waals surface area contributed by atoms with Crippen molar-refractivity contribution in [2.45, 2.75) is 46.2 Å². The number of hydrogen-bond donors (Lipinski definition) is 1. The van der Waals surface area contributed by atoms with E-state index in [-0.39, 0.29) is 6.04 Å². The summed E-state index contributed by atoms with van der Waals surface area (Å²) >= 11 is 3.73. The fourth-order valence-corrected chi connectivity index (χ4v) is 3.18. The number of hydrogen-bond acceptors (Lipinski definition) is 2. The van der Waals surface area contributed by atoms with E-state index < -0.39 is 0 Å². The van der Waals surface area contributed by atoms with Crippen LogP contribution < -0.4 is 5.32 Å². The predicted octanol–water partition coefficient (Wildman–Crippen LogP) is 4.04. The summed E-state index contributed by atoms with van der Waals surface area (Å²) in [4.78, 5) is 0. The number of nitrogens with one attached hydrogen (secondary N) is 1. The average molecular weight is 350 g/mol. The molecule has 21 heavy (non-hydrogen) atoms. The first kappa shape index (κ1) is 16.2. The molecule has 0 spiro atoms. The molecule has 2 aromatic rings. The van der Waals surface area contributed by atoms with Gasteiger partial charge in [-0.05, 0) is 44.5 Å². The van der Waals surface area contributed by atoms with Gasteiger partial charge in [0.1, 0.15) is 0 Å². The number of benzene rings is 1. The molecule has 4 heteroatoms. The zero-order valence-corrected chi connectivity index (χ0v) is 14.9. The van der Waals surface area contributed by atoms with Crippen molar-refractivity contribution < 1.29 is 0 Å². The molecular formula is C17H24BrN3. The van der Waals surface area contributed by atoms with Gasteiger partial charge in [-0.2, -0.15) is 5.10 Å². The second-order valence-corrected chi connectivity index (χ2v) is 6.11. The Hall–Kier alpha value is -1.13. The van der Waals surface area contributed by atoms with Crippen LogP contribution in [0.1, 0.15) is 42.4 Å². The van der Waals surface area contributed by atoms with Crippen LogP contribution in [0.15, 0.2) is 28.7 Å². The smallest absolute Gasteiger partial charge is 0.0624 e. The van der Waals surface area contributed by atoms with Crippen LogP contribution in [0.3, 0.4) is 0 Å². The zero-order chi connectivity index (χ0) is 15.4. The van der Waals surface area contributed by atoms with Crippen molar-refractivity contribution in [1.29, 1.82) is 0 Å². The van der Waals surface area contributed by atoms with E-state index in [0.29, 0.717) is 0 Å². The highest BCUT2D eigenvalue weighted by Crippen LogP contribution is 2.28. The molecule has 1 unspecified atom stereocenters. The number of nitrogens with zero attached hydrogens (tertiary/aromatic N) is 2. The van der Waals surface area contributed by atoms with E-state index in [1.54, 1.807) is 0 Å². The number of aryl methyl sites for hydroxylation is 3. The Morgan fingerprint density at radius 3 is 2.71 bits per heavy atom. The van der Waals surface area contributed by atoms with E-state index in [1.807, 2.05) is 7.05 Å². The normalized spacial score (nSPS) is 12.6. The van der Waals surface area contributed by atoms with Gasteiger partial charge < -0.3 is 5.32 Å². The molecule has 0 aliphatic rings. The Bertz CT molecular complexity index is 604. The van der Waals surface area contributed by atoms with Crippen LogP contribution in [-0.2, 0) is 19.4 Å². The molecule has 0 saturated carbocycles. The summed E-state index contributed by atoms with van der Waals surface area (Å²) in [6, 6.07) is 8.95. The zero-order valence-electron chi connectivity index (χ0n) is 13.3. The molecule has 1 atom stereocenters. The van der Waals surface area contributed by atoms with E-state index in [4.69, 9.17) is 0 Å². The first-order chi connectivity index (χ1) is 10.1. The van der Waals surface area contributed by atoms with Crippen molar-refractivity contribution in [1.82, 2.24) is 15.1 Å². The monoisotopic (exact) mass is 349 g/mol. The highest BCUT2D eigenvalue weighted by atomic mass is 79.9. The summed E-state index contributed by atoms with van der Waals surface area (Å²) in [6.45, 7) is 7.35.